The highest BCUT2D eigenvalue weighted by atomic mass is 16.3. The van der Waals surface area contributed by atoms with E-state index in [1.807, 2.05) is 0 Å². The molecule has 0 radical (unpaired) electrons. The van der Waals surface area contributed by atoms with E-state index in [1.165, 1.54) is 6.42 Å². The lowest BCUT2D eigenvalue weighted by atomic mass is 9.95. The predicted octanol–water partition coefficient (Wildman–Crippen LogP) is 0.920. The van der Waals surface area contributed by atoms with Gasteiger partial charge in [-0.1, -0.05) is 20.8 Å². The number of nitrogens with zero attached hydrogens (tertiary/aromatic N) is 1. The summed E-state index contributed by atoms with van der Waals surface area (Å²) < 4.78 is 0. The van der Waals surface area contributed by atoms with E-state index in [0.29, 0.717) is 23.8 Å². The molecule has 1 aliphatic heterocycles. The van der Waals surface area contributed by atoms with E-state index in [-0.39, 0.29) is 6.61 Å². The fraction of sp³-hybridized carbons (Fsp3) is 1.00. The molecule has 0 aliphatic carbocycles. The van der Waals surface area contributed by atoms with Gasteiger partial charge in [-0.2, -0.15) is 0 Å². The maximum Gasteiger partial charge on any atom is 0.0589 e. The van der Waals surface area contributed by atoms with E-state index in [9.17, 15) is 5.11 Å². The molecule has 90 valence electrons. The fourth-order valence-electron chi connectivity index (χ4n) is 2.47. The quantitative estimate of drug-likeness (QED) is 0.715. The molecular weight excluding hydrogens is 188 g/mol. The van der Waals surface area contributed by atoms with Gasteiger partial charge in [-0.05, 0) is 37.3 Å². The number of aliphatic hydroxyl groups excluding tert-OH is 1. The number of aliphatic hydroxyl groups is 1. The summed E-state index contributed by atoms with van der Waals surface area (Å²) in [6.07, 6.45) is 1.21. The molecule has 0 aromatic heterocycles. The third kappa shape index (κ3) is 3.16. The molecule has 1 fully saturated rings. The first-order valence-corrected chi connectivity index (χ1v) is 6.15. The van der Waals surface area contributed by atoms with E-state index in [4.69, 9.17) is 5.73 Å². The zero-order chi connectivity index (χ0) is 11.4. The van der Waals surface area contributed by atoms with Crippen LogP contribution < -0.4 is 5.73 Å². The molecule has 0 aromatic rings. The number of likely N-dealkylation sites (tertiary alicyclic amines) is 1. The Hall–Kier alpha value is -0.120. The van der Waals surface area contributed by atoms with Gasteiger partial charge in [-0.3, -0.25) is 4.90 Å². The summed E-state index contributed by atoms with van der Waals surface area (Å²) >= 11 is 0. The maximum atomic E-state index is 9.36. The zero-order valence-corrected chi connectivity index (χ0v) is 10.3. The van der Waals surface area contributed by atoms with Crippen molar-refractivity contribution in [3.8, 4) is 0 Å². The molecular formula is C12H26N2O. The van der Waals surface area contributed by atoms with Crippen LogP contribution in [0.15, 0.2) is 0 Å². The van der Waals surface area contributed by atoms with Gasteiger partial charge >= 0.3 is 0 Å². The van der Waals surface area contributed by atoms with Crippen molar-refractivity contribution in [2.45, 2.75) is 33.2 Å². The van der Waals surface area contributed by atoms with Crippen LogP contribution in [-0.2, 0) is 0 Å². The summed E-state index contributed by atoms with van der Waals surface area (Å²) in [5.41, 5.74) is 5.78. The van der Waals surface area contributed by atoms with Crippen LogP contribution in [0.25, 0.3) is 0 Å². The molecule has 3 nitrogen and oxygen atoms in total. The Morgan fingerprint density at radius 1 is 1.47 bits per heavy atom. The largest absolute Gasteiger partial charge is 0.395 e. The fourth-order valence-corrected chi connectivity index (χ4v) is 2.47. The third-order valence-corrected chi connectivity index (χ3v) is 3.90. The standard InChI is InChI=1S/C12H26N2O/c1-9(2)11(6-13)7-14-5-4-10(3)12(14)8-15/h9-12,15H,4-8,13H2,1-3H3. The highest BCUT2D eigenvalue weighted by Crippen LogP contribution is 2.25. The molecule has 15 heavy (non-hydrogen) atoms. The predicted molar refractivity (Wildman–Crippen MR) is 63.6 cm³/mol. The van der Waals surface area contributed by atoms with Crippen molar-refractivity contribution in [2.75, 3.05) is 26.2 Å². The van der Waals surface area contributed by atoms with Crippen LogP contribution >= 0.6 is 0 Å². The minimum absolute atomic E-state index is 0.288. The van der Waals surface area contributed by atoms with Gasteiger partial charge in [0.15, 0.2) is 0 Å². The van der Waals surface area contributed by atoms with Crippen molar-refractivity contribution >= 4 is 0 Å². The zero-order valence-electron chi connectivity index (χ0n) is 10.3. The van der Waals surface area contributed by atoms with Crippen LogP contribution in [0, 0.1) is 17.8 Å². The molecule has 3 N–H and O–H groups in total. The van der Waals surface area contributed by atoms with Crippen molar-refractivity contribution in [1.82, 2.24) is 4.90 Å². The SMILES string of the molecule is CC(C)C(CN)CN1CCC(C)C1CO. The Kier molecular flexibility index (Phi) is 5.03. The molecule has 0 bridgehead atoms. The molecule has 3 heteroatoms. The summed E-state index contributed by atoms with van der Waals surface area (Å²) in [6, 6.07) is 0.359. The van der Waals surface area contributed by atoms with Crippen molar-refractivity contribution < 1.29 is 5.11 Å². The van der Waals surface area contributed by atoms with Crippen LogP contribution in [0.4, 0.5) is 0 Å². The van der Waals surface area contributed by atoms with E-state index in [1.54, 1.807) is 0 Å². The Morgan fingerprint density at radius 3 is 2.60 bits per heavy atom. The molecule has 1 heterocycles. The second-order valence-corrected chi connectivity index (χ2v) is 5.25. The van der Waals surface area contributed by atoms with Crippen LogP contribution in [0.5, 0.6) is 0 Å². The topological polar surface area (TPSA) is 49.5 Å². The molecule has 1 aliphatic rings. The Bertz CT molecular complexity index is 184. The van der Waals surface area contributed by atoms with Crippen LogP contribution in [0.1, 0.15) is 27.2 Å². The van der Waals surface area contributed by atoms with Crippen molar-refractivity contribution in [3.63, 3.8) is 0 Å². The smallest absolute Gasteiger partial charge is 0.0589 e. The highest BCUT2D eigenvalue weighted by Gasteiger charge is 2.31. The number of hydrogen-bond donors (Lipinski definition) is 2. The van der Waals surface area contributed by atoms with Crippen molar-refractivity contribution in [1.29, 1.82) is 0 Å². The maximum absolute atomic E-state index is 9.36. The first-order valence-electron chi connectivity index (χ1n) is 6.15. The first kappa shape index (κ1) is 12.9. The van der Waals surface area contributed by atoms with Crippen LogP contribution in [0.2, 0.25) is 0 Å². The van der Waals surface area contributed by atoms with Gasteiger partial charge in [-0.25, -0.2) is 0 Å². The lowest BCUT2D eigenvalue weighted by molar-refractivity contribution is 0.116. The van der Waals surface area contributed by atoms with Gasteiger partial charge in [0.25, 0.3) is 0 Å². The third-order valence-electron chi connectivity index (χ3n) is 3.90. The lowest BCUT2D eigenvalue weighted by Crippen LogP contribution is -2.41. The molecule has 1 rings (SSSR count). The molecule has 3 unspecified atom stereocenters. The summed E-state index contributed by atoms with van der Waals surface area (Å²) in [6.45, 7) is 9.89. The minimum atomic E-state index is 0.288. The van der Waals surface area contributed by atoms with Gasteiger partial charge < -0.3 is 10.8 Å². The van der Waals surface area contributed by atoms with Gasteiger partial charge in [0, 0.05) is 12.6 Å². The minimum Gasteiger partial charge on any atom is -0.395 e. The van der Waals surface area contributed by atoms with Crippen LogP contribution in [0.3, 0.4) is 0 Å². The van der Waals surface area contributed by atoms with Crippen LogP contribution in [-0.4, -0.2) is 42.3 Å². The summed E-state index contributed by atoms with van der Waals surface area (Å²) in [5, 5.41) is 9.36. The molecule has 0 amide bonds. The molecule has 1 saturated heterocycles. The Balaban J connectivity index is 2.49. The molecule has 0 aromatic carbocycles. The van der Waals surface area contributed by atoms with Gasteiger partial charge in [0.1, 0.15) is 0 Å². The summed E-state index contributed by atoms with van der Waals surface area (Å²) in [7, 11) is 0. The van der Waals surface area contributed by atoms with Crippen molar-refractivity contribution in [2.24, 2.45) is 23.5 Å². The van der Waals surface area contributed by atoms with E-state index < -0.39 is 0 Å². The van der Waals surface area contributed by atoms with Gasteiger partial charge in [-0.15, -0.1) is 0 Å². The van der Waals surface area contributed by atoms with Gasteiger partial charge in [0.05, 0.1) is 6.61 Å². The number of nitrogens with two attached hydrogens (primary N) is 1. The average Bonchev–Trinajstić information content (AvgIpc) is 2.54. The summed E-state index contributed by atoms with van der Waals surface area (Å²) in [5.74, 6) is 1.81. The normalized spacial score (nSPS) is 30.0. The Morgan fingerprint density at radius 2 is 2.13 bits per heavy atom. The average molecular weight is 214 g/mol. The highest BCUT2D eigenvalue weighted by molar-refractivity contribution is 4.85. The summed E-state index contributed by atoms with van der Waals surface area (Å²) in [4.78, 5) is 2.42. The second-order valence-electron chi connectivity index (χ2n) is 5.25. The molecule has 0 spiro atoms. The number of hydrogen-bond acceptors (Lipinski definition) is 3. The van der Waals surface area contributed by atoms with E-state index >= 15 is 0 Å². The van der Waals surface area contributed by atoms with E-state index in [0.717, 1.165) is 19.6 Å². The first-order chi connectivity index (χ1) is 7.10. The number of rotatable bonds is 5. The van der Waals surface area contributed by atoms with E-state index in [2.05, 4.69) is 25.7 Å². The van der Waals surface area contributed by atoms with Crippen molar-refractivity contribution in [3.05, 3.63) is 0 Å². The molecule has 3 atom stereocenters. The lowest BCUT2D eigenvalue weighted by Gasteiger charge is -2.30. The monoisotopic (exact) mass is 214 g/mol. The van der Waals surface area contributed by atoms with Gasteiger partial charge in [0.2, 0.25) is 0 Å². The Labute approximate surface area is 93.6 Å². The molecule has 0 saturated carbocycles. The second kappa shape index (κ2) is 5.83.